The van der Waals surface area contributed by atoms with E-state index in [1.165, 1.54) is 0 Å². The normalized spacial score (nSPS) is 11.8. The summed E-state index contributed by atoms with van der Waals surface area (Å²) in [5.41, 5.74) is -0.659. The van der Waals surface area contributed by atoms with E-state index in [1.54, 1.807) is 6.07 Å². The van der Waals surface area contributed by atoms with E-state index in [1.807, 2.05) is 0 Å². The maximum absolute atomic E-state index is 12.3. The van der Waals surface area contributed by atoms with Gasteiger partial charge in [0.15, 0.2) is 0 Å². The number of rotatable bonds is 2. The van der Waals surface area contributed by atoms with Gasteiger partial charge in [-0.2, -0.15) is 18.4 Å². The summed E-state index contributed by atoms with van der Waals surface area (Å²) < 4.78 is 41.3. The lowest BCUT2D eigenvalue weighted by Crippen LogP contribution is -2.04. The highest BCUT2D eigenvalue weighted by Crippen LogP contribution is 2.29. The van der Waals surface area contributed by atoms with Crippen LogP contribution in [0.15, 0.2) is 30.3 Å². The van der Waals surface area contributed by atoms with Gasteiger partial charge in [0.25, 0.3) is 0 Å². The zero-order valence-electron chi connectivity index (χ0n) is 9.28. The van der Waals surface area contributed by atoms with Crippen molar-refractivity contribution >= 4 is 11.5 Å². The van der Waals surface area contributed by atoms with E-state index in [0.717, 1.165) is 37.5 Å². The van der Waals surface area contributed by atoms with Crippen LogP contribution in [0.2, 0.25) is 0 Å². The first kappa shape index (κ1) is 13.8. The molecule has 0 heterocycles. The summed E-state index contributed by atoms with van der Waals surface area (Å²) in [6.45, 7) is 0. The second-order valence-electron chi connectivity index (χ2n) is 3.27. The van der Waals surface area contributed by atoms with Crippen molar-refractivity contribution in [3.8, 4) is 6.07 Å². The molecule has 0 unspecified atom stereocenters. The van der Waals surface area contributed by atoms with Crippen LogP contribution in [0.25, 0.3) is 5.57 Å². The number of ether oxygens (including phenoxy) is 1. The smallest absolute Gasteiger partial charge is 0.416 e. The van der Waals surface area contributed by atoms with Crippen molar-refractivity contribution in [2.45, 2.75) is 6.18 Å². The Morgan fingerprint density at radius 3 is 2.28 bits per heavy atom. The monoisotopic (exact) mass is 255 g/mol. The van der Waals surface area contributed by atoms with Crippen molar-refractivity contribution in [1.82, 2.24) is 0 Å². The van der Waals surface area contributed by atoms with Crippen LogP contribution in [0.1, 0.15) is 11.1 Å². The first-order valence-electron chi connectivity index (χ1n) is 4.76. The van der Waals surface area contributed by atoms with E-state index in [-0.39, 0.29) is 11.1 Å². The molecule has 0 saturated carbocycles. The summed E-state index contributed by atoms with van der Waals surface area (Å²) in [6.07, 6.45) is -3.51. The number of nitriles is 1. The van der Waals surface area contributed by atoms with Crippen molar-refractivity contribution in [3.05, 3.63) is 41.5 Å². The molecular formula is C12H8F3NO2. The lowest BCUT2D eigenvalue weighted by molar-refractivity contribution is -0.137. The molecule has 0 amide bonds. The number of carbonyl (C=O) groups excluding carboxylic acids is 1. The third-order valence-corrected chi connectivity index (χ3v) is 2.11. The summed E-state index contributed by atoms with van der Waals surface area (Å²) in [7, 11) is 1.14. The molecule has 0 aliphatic rings. The average Bonchev–Trinajstić information content (AvgIpc) is 2.34. The minimum absolute atomic E-state index is 0.0597. The molecule has 6 heteroatoms. The molecule has 18 heavy (non-hydrogen) atoms. The second-order valence-corrected chi connectivity index (χ2v) is 3.27. The van der Waals surface area contributed by atoms with Crippen LogP contribution in [0.3, 0.4) is 0 Å². The Bertz CT molecular complexity index is 510. The van der Waals surface area contributed by atoms with Crippen LogP contribution in [-0.2, 0) is 15.7 Å². The van der Waals surface area contributed by atoms with Gasteiger partial charge in [0, 0.05) is 6.08 Å². The number of hydrogen-bond donors (Lipinski definition) is 0. The third-order valence-electron chi connectivity index (χ3n) is 2.11. The molecule has 0 bridgehead atoms. The van der Waals surface area contributed by atoms with Crippen LogP contribution in [0.5, 0.6) is 0 Å². The van der Waals surface area contributed by atoms with Crippen molar-refractivity contribution in [3.63, 3.8) is 0 Å². The molecule has 1 aromatic rings. The predicted molar refractivity (Wildman–Crippen MR) is 57.1 cm³/mol. The molecule has 0 radical (unpaired) electrons. The van der Waals surface area contributed by atoms with E-state index in [4.69, 9.17) is 5.26 Å². The summed E-state index contributed by atoms with van der Waals surface area (Å²) >= 11 is 0. The highest BCUT2D eigenvalue weighted by Gasteiger charge is 2.30. The van der Waals surface area contributed by atoms with Gasteiger partial charge in [0.2, 0.25) is 0 Å². The highest BCUT2D eigenvalue weighted by atomic mass is 19.4. The number of nitrogens with zero attached hydrogens (tertiary/aromatic N) is 1. The number of hydrogen-bond acceptors (Lipinski definition) is 3. The number of allylic oxidation sites excluding steroid dienone is 1. The van der Waals surface area contributed by atoms with Gasteiger partial charge in [0.1, 0.15) is 6.07 Å². The molecule has 1 aromatic carbocycles. The first-order chi connectivity index (χ1) is 8.38. The number of benzene rings is 1. The van der Waals surface area contributed by atoms with Gasteiger partial charge in [-0.3, -0.25) is 0 Å². The Kier molecular flexibility index (Phi) is 4.10. The van der Waals surface area contributed by atoms with E-state index in [9.17, 15) is 18.0 Å². The fraction of sp³-hybridized carbons (Fsp3) is 0.167. The minimum atomic E-state index is -4.43. The number of esters is 1. The quantitative estimate of drug-likeness (QED) is 0.464. The fourth-order valence-corrected chi connectivity index (χ4v) is 1.20. The summed E-state index contributed by atoms with van der Waals surface area (Å²) in [5.74, 6) is -0.744. The minimum Gasteiger partial charge on any atom is -0.466 e. The number of alkyl halides is 3. The summed E-state index contributed by atoms with van der Waals surface area (Å²) in [4.78, 5) is 11.0. The van der Waals surface area contributed by atoms with Crippen LogP contribution < -0.4 is 0 Å². The molecular weight excluding hydrogens is 247 g/mol. The Morgan fingerprint density at radius 1 is 1.33 bits per heavy atom. The highest BCUT2D eigenvalue weighted by molar-refractivity contribution is 5.95. The van der Waals surface area contributed by atoms with Crippen molar-refractivity contribution < 1.29 is 22.7 Å². The molecule has 94 valence electrons. The molecule has 0 fully saturated rings. The Labute approximate surface area is 101 Å². The second kappa shape index (κ2) is 5.36. The largest absolute Gasteiger partial charge is 0.466 e. The molecule has 0 aliphatic heterocycles. The van der Waals surface area contributed by atoms with Crippen molar-refractivity contribution in [2.24, 2.45) is 0 Å². The standard InChI is InChI=1S/C12H8F3NO2/c1-18-11(17)6-9(7-16)8-2-4-10(5-3-8)12(13,14)15/h2-6H,1H3/b9-6+. The van der Waals surface area contributed by atoms with Crippen LogP contribution in [0, 0.1) is 11.3 Å². The number of methoxy groups -OCH3 is 1. The fourth-order valence-electron chi connectivity index (χ4n) is 1.20. The molecule has 0 saturated heterocycles. The first-order valence-corrected chi connectivity index (χ1v) is 4.76. The van der Waals surface area contributed by atoms with Gasteiger partial charge < -0.3 is 4.74 Å². The average molecular weight is 255 g/mol. The molecule has 3 nitrogen and oxygen atoms in total. The summed E-state index contributed by atoms with van der Waals surface area (Å²) in [5, 5.41) is 8.80. The number of carbonyl (C=O) groups is 1. The van der Waals surface area contributed by atoms with Gasteiger partial charge in [0.05, 0.1) is 18.2 Å². The molecule has 0 atom stereocenters. The molecule has 0 N–H and O–H groups in total. The van der Waals surface area contributed by atoms with E-state index >= 15 is 0 Å². The van der Waals surface area contributed by atoms with Gasteiger partial charge in [-0.25, -0.2) is 4.79 Å². The molecule has 1 rings (SSSR count). The maximum atomic E-state index is 12.3. The Balaban J connectivity index is 3.08. The topological polar surface area (TPSA) is 50.1 Å². The zero-order chi connectivity index (χ0) is 13.8. The molecule has 0 spiro atoms. The van der Waals surface area contributed by atoms with Gasteiger partial charge in [-0.15, -0.1) is 0 Å². The maximum Gasteiger partial charge on any atom is 0.416 e. The predicted octanol–water partition coefficient (Wildman–Crippen LogP) is 2.79. The lowest BCUT2D eigenvalue weighted by atomic mass is 10.0. The number of halogens is 3. The van der Waals surface area contributed by atoms with Crippen molar-refractivity contribution in [1.29, 1.82) is 5.26 Å². The zero-order valence-corrected chi connectivity index (χ0v) is 9.28. The summed E-state index contributed by atoms with van der Waals surface area (Å²) in [6, 6.07) is 5.66. The molecule has 0 aliphatic carbocycles. The lowest BCUT2D eigenvalue weighted by Gasteiger charge is -2.06. The SMILES string of the molecule is COC(=O)/C=C(\C#N)c1ccc(C(F)(F)F)cc1. The van der Waals surface area contributed by atoms with Gasteiger partial charge >= 0.3 is 12.1 Å². The van der Waals surface area contributed by atoms with Crippen LogP contribution in [-0.4, -0.2) is 13.1 Å². The molecule has 0 aromatic heterocycles. The van der Waals surface area contributed by atoms with Crippen LogP contribution >= 0.6 is 0 Å². The van der Waals surface area contributed by atoms with Crippen LogP contribution in [0.4, 0.5) is 13.2 Å². The van der Waals surface area contributed by atoms with Gasteiger partial charge in [-0.05, 0) is 17.7 Å². The third kappa shape index (κ3) is 3.35. The van der Waals surface area contributed by atoms with Gasteiger partial charge in [-0.1, -0.05) is 12.1 Å². The van der Waals surface area contributed by atoms with Crippen molar-refractivity contribution in [2.75, 3.05) is 7.11 Å². The Hall–Kier alpha value is -2.29. The van der Waals surface area contributed by atoms with E-state index in [2.05, 4.69) is 4.74 Å². The van der Waals surface area contributed by atoms with E-state index < -0.39 is 17.7 Å². The Morgan fingerprint density at radius 2 is 1.89 bits per heavy atom. The van der Waals surface area contributed by atoms with E-state index in [0.29, 0.717) is 0 Å².